The first kappa shape index (κ1) is 21.8. The van der Waals surface area contributed by atoms with Crippen LogP contribution in [0, 0.1) is 0 Å². The topological polar surface area (TPSA) is 56.6 Å². The molecule has 6 nitrogen and oxygen atoms in total. The normalized spacial score (nSPS) is 13.4. The fourth-order valence-corrected chi connectivity index (χ4v) is 5.05. The summed E-state index contributed by atoms with van der Waals surface area (Å²) in [7, 11) is 3.27. The summed E-state index contributed by atoms with van der Waals surface area (Å²) >= 11 is 7.62. The highest BCUT2D eigenvalue weighted by atomic mass is 35.5. The molecule has 0 radical (unpaired) electrons. The number of methoxy groups -OCH3 is 2. The van der Waals surface area contributed by atoms with Crippen LogP contribution in [-0.2, 0) is 24.3 Å². The number of halogens is 1. The van der Waals surface area contributed by atoms with Crippen molar-refractivity contribution < 1.29 is 14.3 Å². The summed E-state index contributed by atoms with van der Waals surface area (Å²) in [5.74, 6) is 1.88. The summed E-state index contributed by atoms with van der Waals surface area (Å²) in [4.78, 5) is 19.6. The van der Waals surface area contributed by atoms with Gasteiger partial charge in [-0.15, -0.1) is 0 Å². The van der Waals surface area contributed by atoms with E-state index in [1.54, 1.807) is 14.2 Å². The molecule has 0 saturated heterocycles. The van der Waals surface area contributed by atoms with Crippen LogP contribution in [0.1, 0.15) is 24.5 Å². The quantitative estimate of drug-likeness (QED) is 0.475. The second-order valence-electron chi connectivity index (χ2n) is 7.51. The Morgan fingerprint density at radius 1 is 1.16 bits per heavy atom. The van der Waals surface area contributed by atoms with Gasteiger partial charge in [-0.25, -0.2) is 4.98 Å². The molecule has 0 spiro atoms. The van der Waals surface area contributed by atoms with E-state index in [1.165, 1.54) is 17.3 Å². The Balaban J connectivity index is 1.48. The molecule has 0 bridgehead atoms. The van der Waals surface area contributed by atoms with E-state index in [1.807, 2.05) is 35.2 Å². The summed E-state index contributed by atoms with van der Waals surface area (Å²) < 4.78 is 13.0. The molecule has 2 aromatic carbocycles. The Labute approximate surface area is 191 Å². The fraction of sp³-hybridized carbons (Fsp3) is 0.391. The van der Waals surface area contributed by atoms with Gasteiger partial charge in [0.05, 0.1) is 31.0 Å². The number of benzene rings is 2. The molecule has 0 unspecified atom stereocenters. The molecule has 1 aliphatic rings. The van der Waals surface area contributed by atoms with Crippen LogP contribution in [0.25, 0.3) is 11.0 Å². The second-order valence-corrected chi connectivity index (χ2v) is 8.89. The van der Waals surface area contributed by atoms with Crippen LogP contribution < -0.4 is 9.47 Å². The maximum absolute atomic E-state index is 13.0. The summed E-state index contributed by atoms with van der Waals surface area (Å²) in [5, 5.41) is 1.52. The SMILES string of the molecule is CCCn1c(SCC(=O)N2CCc3cc(OC)c(OC)cc3C2)nc2cc(Cl)ccc21. The van der Waals surface area contributed by atoms with Crippen molar-refractivity contribution >= 4 is 40.3 Å². The maximum atomic E-state index is 13.0. The van der Waals surface area contributed by atoms with Crippen LogP contribution in [-0.4, -0.2) is 46.9 Å². The molecule has 0 aliphatic carbocycles. The number of fused-ring (bicyclic) bond motifs is 2. The number of hydrogen-bond acceptors (Lipinski definition) is 5. The molecule has 1 aliphatic heterocycles. The Hall–Kier alpha value is -2.38. The molecule has 0 atom stereocenters. The molecule has 1 amide bonds. The van der Waals surface area contributed by atoms with E-state index in [-0.39, 0.29) is 5.91 Å². The summed E-state index contributed by atoms with van der Waals surface area (Å²) in [6.45, 7) is 4.27. The van der Waals surface area contributed by atoms with Gasteiger partial charge in [-0.2, -0.15) is 0 Å². The minimum Gasteiger partial charge on any atom is -0.493 e. The minimum atomic E-state index is 0.110. The van der Waals surface area contributed by atoms with Gasteiger partial charge in [0.25, 0.3) is 0 Å². The van der Waals surface area contributed by atoms with Gasteiger partial charge in [0.15, 0.2) is 16.7 Å². The van der Waals surface area contributed by atoms with Crippen LogP contribution in [0.3, 0.4) is 0 Å². The molecule has 8 heteroatoms. The number of amides is 1. The van der Waals surface area contributed by atoms with Crippen LogP contribution in [0.2, 0.25) is 5.02 Å². The van der Waals surface area contributed by atoms with Gasteiger partial charge in [-0.3, -0.25) is 4.79 Å². The molecular formula is C23H26ClN3O3S. The number of hydrogen-bond donors (Lipinski definition) is 0. The van der Waals surface area contributed by atoms with E-state index in [0.717, 1.165) is 46.9 Å². The highest BCUT2D eigenvalue weighted by molar-refractivity contribution is 7.99. The molecule has 31 heavy (non-hydrogen) atoms. The Morgan fingerprint density at radius 2 is 1.90 bits per heavy atom. The molecule has 1 aromatic heterocycles. The third-order valence-corrected chi connectivity index (χ3v) is 6.71. The summed E-state index contributed by atoms with van der Waals surface area (Å²) in [6.07, 6.45) is 1.79. The molecule has 3 aromatic rings. The number of aryl methyl sites for hydroxylation is 1. The van der Waals surface area contributed by atoms with Gasteiger partial charge in [0.1, 0.15) is 0 Å². The van der Waals surface area contributed by atoms with Crippen molar-refractivity contribution in [2.24, 2.45) is 0 Å². The van der Waals surface area contributed by atoms with Gasteiger partial charge in [-0.1, -0.05) is 30.3 Å². The Bertz CT molecular complexity index is 1120. The molecule has 164 valence electrons. The maximum Gasteiger partial charge on any atom is 0.233 e. The van der Waals surface area contributed by atoms with Crippen LogP contribution in [0.5, 0.6) is 11.5 Å². The average molecular weight is 460 g/mol. The van der Waals surface area contributed by atoms with Crippen molar-refractivity contribution in [3.8, 4) is 11.5 Å². The fourth-order valence-electron chi connectivity index (χ4n) is 3.94. The van der Waals surface area contributed by atoms with Gasteiger partial charge in [-0.05, 0) is 54.3 Å². The third kappa shape index (κ3) is 4.48. The number of thioether (sulfide) groups is 1. The lowest BCUT2D eigenvalue weighted by atomic mass is 9.99. The first-order valence-corrected chi connectivity index (χ1v) is 11.7. The predicted octanol–water partition coefficient (Wildman–Crippen LogP) is 4.79. The summed E-state index contributed by atoms with van der Waals surface area (Å²) in [5.41, 5.74) is 4.23. The molecule has 0 fully saturated rings. The zero-order chi connectivity index (χ0) is 22.0. The van der Waals surface area contributed by atoms with E-state index >= 15 is 0 Å². The van der Waals surface area contributed by atoms with Crippen molar-refractivity contribution in [1.29, 1.82) is 0 Å². The summed E-state index contributed by atoms with van der Waals surface area (Å²) in [6, 6.07) is 9.74. The zero-order valence-corrected chi connectivity index (χ0v) is 19.6. The standard InChI is InChI=1S/C23H26ClN3O3S/c1-4-8-27-19-6-5-17(24)12-18(19)25-23(27)31-14-22(28)26-9-7-15-10-20(29-2)21(30-3)11-16(15)13-26/h5-6,10-12H,4,7-9,13-14H2,1-3H3. The van der Waals surface area contributed by atoms with E-state index in [9.17, 15) is 4.79 Å². The lowest BCUT2D eigenvalue weighted by Crippen LogP contribution is -2.37. The Morgan fingerprint density at radius 3 is 2.61 bits per heavy atom. The number of aromatic nitrogens is 2. The lowest BCUT2D eigenvalue weighted by molar-refractivity contribution is -0.129. The second kappa shape index (κ2) is 9.40. The van der Waals surface area contributed by atoms with Gasteiger partial charge >= 0.3 is 0 Å². The lowest BCUT2D eigenvalue weighted by Gasteiger charge is -2.29. The van der Waals surface area contributed by atoms with Crippen molar-refractivity contribution in [2.45, 2.75) is 38.0 Å². The van der Waals surface area contributed by atoms with E-state index in [2.05, 4.69) is 11.5 Å². The van der Waals surface area contributed by atoms with E-state index < -0.39 is 0 Å². The third-order valence-electron chi connectivity index (χ3n) is 5.52. The highest BCUT2D eigenvalue weighted by Crippen LogP contribution is 2.33. The smallest absolute Gasteiger partial charge is 0.233 e. The number of carbonyl (C=O) groups excluding carboxylic acids is 1. The number of imidazole rings is 1. The van der Waals surface area contributed by atoms with Crippen molar-refractivity contribution in [2.75, 3.05) is 26.5 Å². The van der Waals surface area contributed by atoms with E-state index in [0.29, 0.717) is 29.6 Å². The predicted molar refractivity (Wildman–Crippen MR) is 124 cm³/mol. The molecule has 4 rings (SSSR count). The van der Waals surface area contributed by atoms with Gasteiger partial charge in [0, 0.05) is 24.7 Å². The van der Waals surface area contributed by atoms with Crippen molar-refractivity contribution in [3.05, 3.63) is 46.5 Å². The number of ether oxygens (including phenoxy) is 2. The van der Waals surface area contributed by atoms with Crippen LogP contribution in [0.4, 0.5) is 0 Å². The van der Waals surface area contributed by atoms with Gasteiger partial charge < -0.3 is 18.9 Å². The van der Waals surface area contributed by atoms with Crippen molar-refractivity contribution in [1.82, 2.24) is 14.5 Å². The average Bonchev–Trinajstić information content (AvgIpc) is 3.12. The Kier molecular flexibility index (Phi) is 6.62. The monoisotopic (exact) mass is 459 g/mol. The number of carbonyl (C=O) groups is 1. The zero-order valence-electron chi connectivity index (χ0n) is 18.0. The molecular weight excluding hydrogens is 434 g/mol. The highest BCUT2D eigenvalue weighted by Gasteiger charge is 2.23. The number of rotatable bonds is 7. The largest absolute Gasteiger partial charge is 0.493 e. The first-order valence-electron chi connectivity index (χ1n) is 10.3. The minimum absolute atomic E-state index is 0.110. The van der Waals surface area contributed by atoms with Crippen LogP contribution >= 0.6 is 23.4 Å². The molecule has 0 N–H and O–H groups in total. The van der Waals surface area contributed by atoms with E-state index in [4.69, 9.17) is 26.1 Å². The van der Waals surface area contributed by atoms with Crippen molar-refractivity contribution in [3.63, 3.8) is 0 Å². The number of nitrogens with zero attached hydrogens (tertiary/aromatic N) is 3. The molecule has 0 saturated carbocycles. The van der Waals surface area contributed by atoms with Crippen LogP contribution in [0.15, 0.2) is 35.5 Å². The van der Waals surface area contributed by atoms with Gasteiger partial charge in [0.2, 0.25) is 5.91 Å². The molecule has 2 heterocycles. The first-order chi connectivity index (χ1) is 15.0.